The normalized spacial score (nSPS) is 14.7. The Hall–Kier alpha value is -3.38. The van der Waals surface area contributed by atoms with Gasteiger partial charge < -0.3 is 15.0 Å². The lowest BCUT2D eigenvalue weighted by atomic mass is 10.0. The van der Waals surface area contributed by atoms with Gasteiger partial charge >= 0.3 is 0 Å². The molecular weight excluding hydrogens is 500 g/mol. The highest BCUT2D eigenvalue weighted by atomic mass is 35.5. The Kier molecular flexibility index (Phi) is 10.7. The first-order valence-corrected chi connectivity index (χ1v) is 13.0. The monoisotopic (exact) mass is 536 g/mol. The number of halogens is 1. The number of hydrogen-bond donors (Lipinski definition) is 1. The standard InChI is InChI=1S/C29H36N6O2.ClH/c1-5-34(6-2)14-10-15-36-27-21(3)17-25(18-22(27)4)32-29-31-20-24(19-30)28(33-29)35-26(13-16-37-35)23-11-8-7-9-12-23;/h7-9,11-12,17-18,20,26H,5-6,10,13-16H2,1-4H3,(H,31,32,33);1H/t26-;/m0./s1. The van der Waals surface area contributed by atoms with Gasteiger partial charge in [0.05, 0.1) is 25.5 Å². The predicted molar refractivity (Wildman–Crippen MR) is 153 cm³/mol. The molecule has 1 atom stereocenters. The van der Waals surface area contributed by atoms with Crippen LogP contribution in [0.5, 0.6) is 5.75 Å². The van der Waals surface area contributed by atoms with Crippen LogP contribution in [0.2, 0.25) is 0 Å². The van der Waals surface area contributed by atoms with E-state index in [1.54, 1.807) is 11.3 Å². The van der Waals surface area contributed by atoms with Crippen LogP contribution in [-0.2, 0) is 4.84 Å². The summed E-state index contributed by atoms with van der Waals surface area (Å²) < 4.78 is 6.14. The molecule has 2 aromatic carbocycles. The van der Waals surface area contributed by atoms with E-state index in [2.05, 4.69) is 47.3 Å². The van der Waals surface area contributed by atoms with E-state index in [4.69, 9.17) is 14.6 Å². The van der Waals surface area contributed by atoms with Crippen LogP contribution in [0.25, 0.3) is 0 Å². The Bertz CT molecular complexity index is 1210. The van der Waals surface area contributed by atoms with Crippen molar-refractivity contribution in [1.29, 1.82) is 5.26 Å². The number of ether oxygens (including phenoxy) is 1. The van der Waals surface area contributed by atoms with Crippen LogP contribution < -0.4 is 15.1 Å². The smallest absolute Gasteiger partial charge is 0.229 e. The van der Waals surface area contributed by atoms with Crippen LogP contribution in [0, 0.1) is 25.2 Å². The summed E-state index contributed by atoms with van der Waals surface area (Å²) in [6.45, 7) is 12.9. The minimum absolute atomic E-state index is 0. The summed E-state index contributed by atoms with van der Waals surface area (Å²) in [7, 11) is 0. The van der Waals surface area contributed by atoms with Crippen molar-refractivity contribution in [1.82, 2.24) is 14.9 Å². The molecule has 2 heterocycles. The highest BCUT2D eigenvalue weighted by Gasteiger charge is 2.31. The van der Waals surface area contributed by atoms with E-state index in [9.17, 15) is 5.26 Å². The number of aryl methyl sites for hydroxylation is 2. The van der Waals surface area contributed by atoms with Gasteiger partial charge in [0.15, 0.2) is 5.82 Å². The zero-order valence-corrected chi connectivity index (χ0v) is 23.4. The van der Waals surface area contributed by atoms with Gasteiger partial charge in [0.25, 0.3) is 0 Å². The van der Waals surface area contributed by atoms with E-state index in [0.29, 0.717) is 30.5 Å². The fraction of sp³-hybridized carbons (Fsp3) is 0.414. The topological polar surface area (TPSA) is 86.5 Å². The zero-order chi connectivity index (χ0) is 26.2. The Morgan fingerprint density at radius 2 is 1.87 bits per heavy atom. The lowest BCUT2D eigenvalue weighted by Gasteiger charge is -2.24. The fourth-order valence-corrected chi connectivity index (χ4v) is 4.72. The third kappa shape index (κ3) is 6.93. The molecule has 1 aromatic heterocycles. The van der Waals surface area contributed by atoms with Crippen LogP contribution in [0.4, 0.5) is 17.5 Å². The maximum atomic E-state index is 9.72. The molecule has 0 unspecified atom stereocenters. The Morgan fingerprint density at radius 3 is 2.53 bits per heavy atom. The van der Waals surface area contributed by atoms with Crippen molar-refractivity contribution < 1.29 is 9.57 Å². The molecule has 0 saturated carbocycles. The molecule has 0 spiro atoms. The second-order valence-electron chi connectivity index (χ2n) is 9.21. The maximum Gasteiger partial charge on any atom is 0.229 e. The molecule has 38 heavy (non-hydrogen) atoms. The van der Waals surface area contributed by atoms with Crippen molar-refractivity contribution in [2.45, 2.75) is 46.6 Å². The molecule has 3 aromatic rings. The highest BCUT2D eigenvalue weighted by molar-refractivity contribution is 5.85. The molecule has 202 valence electrons. The van der Waals surface area contributed by atoms with Gasteiger partial charge in [-0.15, -0.1) is 12.4 Å². The third-order valence-electron chi connectivity index (χ3n) is 6.66. The van der Waals surface area contributed by atoms with Crippen LogP contribution in [-0.4, -0.2) is 47.7 Å². The second kappa shape index (κ2) is 14.0. The van der Waals surface area contributed by atoms with Gasteiger partial charge in [0.1, 0.15) is 17.4 Å². The first kappa shape index (κ1) is 29.2. The summed E-state index contributed by atoms with van der Waals surface area (Å²) in [5.74, 6) is 1.79. The second-order valence-corrected chi connectivity index (χ2v) is 9.21. The number of rotatable bonds is 11. The van der Waals surface area contributed by atoms with Gasteiger partial charge in [-0.1, -0.05) is 44.2 Å². The van der Waals surface area contributed by atoms with Crippen molar-refractivity contribution in [2.75, 3.05) is 43.2 Å². The highest BCUT2D eigenvalue weighted by Crippen LogP contribution is 2.36. The molecule has 8 nitrogen and oxygen atoms in total. The molecular formula is C29H37ClN6O2. The van der Waals surface area contributed by atoms with E-state index in [-0.39, 0.29) is 18.4 Å². The summed E-state index contributed by atoms with van der Waals surface area (Å²) >= 11 is 0. The van der Waals surface area contributed by atoms with E-state index in [0.717, 1.165) is 60.6 Å². The van der Waals surface area contributed by atoms with Crippen molar-refractivity contribution in [2.24, 2.45) is 0 Å². The maximum absolute atomic E-state index is 9.72. The summed E-state index contributed by atoms with van der Waals surface area (Å²) in [5, 5.41) is 14.8. The van der Waals surface area contributed by atoms with Crippen LogP contribution in [0.1, 0.15) is 55.0 Å². The summed E-state index contributed by atoms with van der Waals surface area (Å²) in [6.07, 6.45) is 3.35. The zero-order valence-electron chi connectivity index (χ0n) is 22.6. The molecule has 1 aliphatic heterocycles. The average Bonchev–Trinajstić information content (AvgIpc) is 3.40. The predicted octanol–water partition coefficient (Wildman–Crippen LogP) is 6.12. The van der Waals surface area contributed by atoms with Crippen molar-refractivity contribution in [3.63, 3.8) is 0 Å². The lowest BCUT2D eigenvalue weighted by Crippen LogP contribution is -2.25. The molecule has 1 saturated heterocycles. The Balaban J connectivity index is 0.00000400. The first-order chi connectivity index (χ1) is 18.0. The van der Waals surface area contributed by atoms with Crippen molar-refractivity contribution >= 4 is 29.9 Å². The molecule has 1 fully saturated rings. The average molecular weight is 537 g/mol. The SMILES string of the molecule is CCN(CC)CCCOc1c(C)cc(Nc2ncc(C#N)c(N3OCC[C@H]3c3ccccc3)n2)cc1C.Cl. The number of nitrogens with one attached hydrogen (secondary N) is 1. The van der Waals surface area contributed by atoms with E-state index < -0.39 is 0 Å². The van der Waals surface area contributed by atoms with Crippen molar-refractivity contribution in [3.05, 3.63) is 70.9 Å². The fourth-order valence-electron chi connectivity index (χ4n) is 4.72. The molecule has 0 bridgehead atoms. The molecule has 0 aliphatic carbocycles. The summed E-state index contributed by atoms with van der Waals surface area (Å²) in [6, 6.07) is 16.4. The van der Waals surface area contributed by atoms with Crippen LogP contribution >= 0.6 is 12.4 Å². The minimum Gasteiger partial charge on any atom is -0.493 e. The molecule has 1 aliphatic rings. The molecule has 4 rings (SSSR count). The van der Waals surface area contributed by atoms with E-state index in [1.165, 1.54) is 0 Å². The molecule has 0 radical (unpaired) electrons. The first-order valence-electron chi connectivity index (χ1n) is 13.0. The Labute approximate surface area is 232 Å². The van der Waals surface area contributed by atoms with Gasteiger partial charge in [-0.3, -0.25) is 4.84 Å². The van der Waals surface area contributed by atoms with Crippen LogP contribution in [0.15, 0.2) is 48.7 Å². The lowest BCUT2D eigenvalue weighted by molar-refractivity contribution is 0.156. The van der Waals surface area contributed by atoms with Gasteiger partial charge in [0, 0.05) is 18.7 Å². The van der Waals surface area contributed by atoms with Crippen molar-refractivity contribution in [3.8, 4) is 11.8 Å². The molecule has 1 N–H and O–H groups in total. The van der Waals surface area contributed by atoms with E-state index in [1.807, 2.05) is 44.2 Å². The quantitative estimate of drug-likeness (QED) is 0.293. The van der Waals surface area contributed by atoms with Crippen LogP contribution in [0.3, 0.4) is 0 Å². The number of anilines is 3. The molecule has 0 amide bonds. The number of nitriles is 1. The minimum atomic E-state index is -0.0151. The van der Waals surface area contributed by atoms with Gasteiger partial charge in [-0.25, -0.2) is 10.0 Å². The third-order valence-corrected chi connectivity index (χ3v) is 6.66. The number of nitrogens with zero attached hydrogens (tertiary/aromatic N) is 5. The largest absolute Gasteiger partial charge is 0.493 e. The van der Waals surface area contributed by atoms with Gasteiger partial charge in [-0.05, 0) is 62.2 Å². The molecule has 9 heteroatoms. The number of aromatic nitrogens is 2. The van der Waals surface area contributed by atoms with Gasteiger partial charge in [-0.2, -0.15) is 10.2 Å². The summed E-state index contributed by atoms with van der Waals surface area (Å²) in [4.78, 5) is 17.4. The number of benzene rings is 2. The van der Waals surface area contributed by atoms with Gasteiger partial charge in [0.2, 0.25) is 5.95 Å². The summed E-state index contributed by atoms with van der Waals surface area (Å²) in [5.41, 5.74) is 4.45. The Morgan fingerprint density at radius 1 is 1.16 bits per heavy atom. The van der Waals surface area contributed by atoms with E-state index >= 15 is 0 Å². The number of hydrogen-bond acceptors (Lipinski definition) is 8. The number of hydroxylamine groups is 1.